The summed E-state index contributed by atoms with van der Waals surface area (Å²) in [6.45, 7) is 0.171. The molecule has 0 amide bonds. The molecule has 31 heavy (non-hydrogen) atoms. The lowest BCUT2D eigenvalue weighted by molar-refractivity contribution is 0.174. The number of ether oxygens (including phenoxy) is 5. The van der Waals surface area contributed by atoms with E-state index in [0.717, 1.165) is 5.56 Å². The van der Waals surface area contributed by atoms with Gasteiger partial charge in [0.25, 0.3) is 0 Å². The van der Waals surface area contributed by atoms with Crippen LogP contribution in [0.4, 0.5) is 0 Å². The van der Waals surface area contributed by atoms with E-state index in [4.69, 9.17) is 29.4 Å². The van der Waals surface area contributed by atoms with Crippen LogP contribution in [0.1, 0.15) is 17.0 Å². The fourth-order valence-corrected chi connectivity index (χ4v) is 3.89. The summed E-state index contributed by atoms with van der Waals surface area (Å²) in [6.07, 6.45) is 0. The first kappa shape index (κ1) is 18.7. The summed E-state index contributed by atoms with van der Waals surface area (Å²) >= 11 is 0. The van der Waals surface area contributed by atoms with Gasteiger partial charge in [-0.05, 0) is 36.4 Å². The van der Waals surface area contributed by atoms with E-state index in [2.05, 4.69) is 16.3 Å². The molecule has 0 saturated heterocycles. The molecule has 5 rings (SSSR count). The molecule has 2 aliphatic heterocycles. The molecule has 156 valence electrons. The van der Waals surface area contributed by atoms with Crippen LogP contribution in [0.25, 0.3) is 11.3 Å². The summed E-state index contributed by atoms with van der Waals surface area (Å²) in [5, 5.41) is 17.3. The summed E-state index contributed by atoms with van der Waals surface area (Å²) in [5.41, 5.74) is 9.17. The Labute approximate surface area is 177 Å². The second-order valence-corrected chi connectivity index (χ2v) is 6.92. The van der Waals surface area contributed by atoms with Crippen molar-refractivity contribution in [1.82, 2.24) is 10.2 Å². The summed E-state index contributed by atoms with van der Waals surface area (Å²) in [5.74, 6) is 2.19. The third kappa shape index (κ3) is 2.88. The van der Waals surface area contributed by atoms with Crippen molar-refractivity contribution in [2.45, 2.75) is 5.92 Å². The first-order valence-electron chi connectivity index (χ1n) is 9.42. The molecule has 2 aliphatic rings. The van der Waals surface area contributed by atoms with Gasteiger partial charge < -0.3 is 29.4 Å². The van der Waals surface area contributed by atoms with Crippen LogP contribution in [0.3, 0.4) is 0 Å². The summed E-state index contributed by atoms with van der Waals surface area (Å²) in [7, 11) is 3.14. The molecule has 0 bridgehead atoms. The van der Waals surface area contributed by atoms with Gasteiger partial charge in [-0.2, -0.15) is 5.26 Å². The molecule has 0 fully saturated rings. The van der Waals surface area contributed by atoms with Gasteiger partial charge in [-0.15, -0.1) is 5.10 Å². The number of nitrogens with two attached hydrogens (primary N) is 1. The van der Waals surface area contributed by atoms with Crippen molar-refractivity contribution in [3.63, 3.8) is 0 Å². The predicted molar refractivity (Wildman–Crippen MR) is 109 cm³/mol. The van der Waals surface area contributed by atoms with E-state index in [1.54, 1.807) is 26.4 Å². The summed E-state index contributed by atoms with van der Waals surface area (Å²) in [4.78, 5) is 0. The average molecular weight is 418 g/mol. The third-order valence-electron chi connectivity index (χ3n) is 5.35. The molecule has 1 atom stereocenters. The Bertz CT molecular complexity index is 1260. The van der Waals surface area contributed by atoms with Crippen molar-refractivity contribution >= 4 is 0 Å². The van der Waals surface area contributed by atoms with Crippen molar-refractivity contribution in [1.29, 1.82) is 5.26 Å². The van der Waals surface area contributed by atoms with Crippen molar-refractivity contribution in [2.75, 3.05) is 21.0 Å². The summed E-state index contributed by atoms with van der Waals surface area (Å²) in [6, 6.07) is 13.1. The van der Waals surface area contributed by atoms with E-state index in [1.165, 1.54) is 0 Å². The van der Waals surface area contributed by atoms with Crippen LogP contribution < -0.4 is 29.4 Å². The maximum absolute atomic E-state index is 9.93. The van der Waals surface area contributed by atoms with Crippen LogP contribution in [-0.4, -0.2) is 31.2 Å². The molecule has 1 aromatic heterocycles. The number of fused-ring (bicyclic) bond motifs is 2. The van der Waals surface area contributed by atoms with Gasteiger partial charge in [0.1, 0.15) is 23.1 Å². The maximum Gasteiger partial charge on any atom is 0.244 e. The van der Waals surface area contributed by atoms with E-state index in [-0.39, 0.29) is 18.2 Å². The van der Waals surface area contributed by atoms with E-state index >= 15 is 0 Å². The summed E-state index contributed by atoms with van der Waals surface area (Å²) < 4.78 is 27.6. The zero-order chi connectivity index (χ0) is 21.5. The Hall–Kier alpha value is -4.32. The van der Waals surface area contributed by atoms with E-state index in [0.29, 0.717) is 45.7 Å². The lowest BCUT2D eigenvalue weighted by Gasteiger charge is -2.25. The minimum atomic E-state index is -0.585. The normalized spacial score (nSPS) is 16.4. The highest BCUT2D eigenvalue weighted by Gasteiger charge is 2.37. The number of allylic oxidation sites excluding steroid dienone is 1. The molecule has 0 aliphatic carbocycles. The fraction of sp³-hybridized carbons (Fsp3) is 0.182. The zero-order valence-corrected chi connectivity index (χ0v) is 16.8. The lowest BCUT2D eigenvalue weighted by atomic mass is 9.82. The lowest BCUT2D eigenvalue weighted by Crippen LogP contribution is -2.21. The van der Waals surface area contributed by atoms with Crippen molar-refractivity contribution in [3.05, 3.63) is 59.0 Å². The highest BCUT2D eigenvalue weighted by Crippen LogP contribution is 2.49. The Morgan fingerprint density at radius 2 is 1.97 bits per heavy atom. The molecule has 0 saturated carbocycles. The molecule has 3 heterocycles. The van der Waals surface area contributed by atoms with Crippen LogP contribution in [-0.2, 0) is 0 Å². The van der Waals surface area contributed by atoms with Gasteiger partial charge in [-0.1, -0.05) is 0 Å². The minimum absolute atomic E-state index is 0.00592. The number of nitrogens with zero attached hydrogens (tertiary/aromatic N) is 2. The Kier molecular flexibility index (Phi) is 4.33. The minimum Gasteiger partial charge on any atom is -0.497 e. The third-order valence-corrected chi connectivity index (χ3v) is 5.35. The molecule has 0 radical (unpaired) electrons. The van der Waals surface area contributed by atoms with E-state index in [9.17, 15) is 5.26 Å². The number of rotatable bonds is 4. The van der Waals surface area contributed by atoms with Gasteiger partial charge >= 0.3 is 0 Å². The van der Waals surface area contributed by atoms with Crippen molar-refractivity contribution in [2.24, 2.45) is 5.73 Å². The molecule has 1 unspecified atom stereocenters. The molecular formula is C22H18N4O5. The smallest absolute Gasteiger partial charge is 0.244 e. The van der Waals surface area contributed by atoms with Gasteiger partial charge in [-0.3, -0.25) is 5.10 Å². The number of benzene rings is 2. The van der Waals surface area contributed by atoms with E-state index in [1.807, 2.05) is 24.3 Å². The zero-order valence-electron chi connectivity index (χ0n) is 16.8. The predicted octanol–water partition coefficient (Wildman–Crippen LogP) is 3.04. The number of nitrogens with one attached hydrogen (secondary N) is 1. The van der Waals surface area contributed by atoms with Gasteiger partial charge in [0, 0.05) is 11.1 Å². The standard InChI is InChI=1S/C22H18N4O5/c1-27-12-4-6-15(28-2)13(8-12)18-14(9-23)21(24)31-22-19(18)20(25-26-22)11-3-5-16-17(7-11)30-10-29-16/h3-8,18H,10,24H2,1-2H3,(H,25,26). The largest absolute Gasteiger partial charge is 0.497 e. The maximum atomic E-state index is 9.93. The van der Waals surface area contributed by atoms with E-state index < -0.39 is 5.92 Å². The number of H-pyrrole nitrogens is 1. The molecular weight excluding hydrogens is 400 g/mol. The quantitative estimate of drug-likeness (QED) is 0.662. The van der Waals surface area contributed by atoms with Gasteiger partial charge in [0.15, 0.2) is 11.5 Å². The SMILES string of the molecule is COc1ccc(OC)c(C2C(C#N)=C(N)Oc3n[nH]c(-c4ccc5c(c4)OCO5)c32)c1. The highest BCUT2D eigenvalue weighted by atomic mass is 16.7. The van der Waals surface area contributed by atoms with Gasteiger partial charge in [-0.25, -0.2) is 0 Å². The van der Waals surface area contributed by atoms with Crippen molar-refractivity contribution < 1.29 is 23.7 Å². The van der Waals surface area contributed by atoms with Crippen LogP contribution in [0.2, 0.25) is 0 Å². The van der Waals surface area contributed by atoms with Crippen LogP contribution in [0, 0.1) is 11.3 Å². The number of aromatic nitrogens is 2. The Balaban J connectivity index is 1.74. The fourth-order valence-electron chi connectivity index (χ4n) is 3.89. The average Bonchev–Trinajstić information content (AvgIpc) is 3.43. The Morgan fingerprint density at radius 3 is 2.74 bits per heavy atom. The monoisotopic (exact) mass is 418 g/mol. The second-order valence-electron chi connectivity index (χ2n) is 6.92. The molecule has 2 aromatic carbocycles. The molecule has 3 aromatic rings. The van der Waals surface area contributed by atoms with Crippen LogP contribution >= 0.6 is 0 Å². The first-order valence-corrected chi connectivity index (χ1v) is 9.42. The van der Waals surface area contributed by atoms with Gasteiger partial charge in [0.2, 0.25) is 18.6 Å². The number of methoxy groups -OCH3 is 2. The van der Waals surface area contributed by atoms with Crippen LogP contribution in [0.15, 0.2) is 47.9 Å². The Morgan fingerprint density at radius 1 is 1.13 bits per heavy atom. The topological polar surface area (TPSA) is 125 Å². The number of hydrogen-bond acceptors (Lipinski definition) is 8. The number of hydrogen-bond donors (Lipinski definition) is 2. The van der Waals surface area contributed by atoms with Crippen LogP contribution in [0.5, 0.6) is 28.9 Å². The molecule has 3 N–H and O–H groups in total. The molecule has 9 heteroatoms. The van der Waals surface area contributed by atoms with Crippen molar-refractivity contribution in [3.8, 4) is 46.2 Å². The number of nitriles is 1. The second kappa shape index (κ2) is 7.18. The number of aromatic amines is 1. The highest BCUT2D eigenvalue weighted by molar-refractivity contribution is 5.73. The first-order chi connectivity index (χ1) is 15.1. The molecule has 0 spiro atoms. The van der Waals surface area contributed by atoms with Gasteiger partial charge in [0.05, 0.1) is 31.4 Å². The molecule has 9 nitrogen and oxygen atoms in total.